The molecule has 1 aromatic carbocycles. The Kier molecular flexibility index (Phi) is 4.69. The molecule has 1 heterocycles. The lowest BCUT2D eigenvalue weighted by Gasteiger charge is -2.18. The van der Waals surface area contributed by atoms with Crippen molar-refractivity contribution in [3.05, 3.63) is 22.7 Å². The first-order valence-corrected chi connectivity index (χ1v) is 8.27. The Hall–Kier alpha value is -1.46. The van der Waals surface area contributed by atoms with Crippen molar-refractivity contribution in [1.82, 2.24) is 4.90 Å². The fourth-order valence-corrected chi connectivity index (χ4v) is 3.89. The average Bonchev–Trinajstić information content (AvgIpc) is 3.29. The molecule has 1 aliphatic carbocycles. The van der Waals surface area contributed by atoms with Crippen molar-refractivity contribution in [3.8, 4) is 11.5 Å². The Morgan fingerprint density at radius 2 is 2.04 bits per heavy atom. The van der Waals surface area contributed by atoms with Crippen molar-refractivity contribution in [3.63, 3.8) is 0 Å². The molecule has 1 N–H and O–H groups in total. The van der Waals surface area contributed by atoms with E-state index < -0.39 is 5.97 Å². The largest absolute Gasteiger partial charge is 0.493 e. The van der Waals surface area contributed by atoms with Gasteiger partial charge in [0.1, 0.15) is 0 Å². The van der Waals surface area contributed by atoms with E-state index in [1.165, 1.54) is 12.8 Å². The quantitative estimate of drug-likeness (QED) is 0.863. The van der Waals surface area contributed by atoms with Crippen LogP contribution in [-0.4, -0.2) is 43.3 Å². The van der Waals surface area contributed by atoms with Gasteiger partial charge in [-0.05, 0) is 36.3 Å². The number of aliphatic carboxylic acids is 1. The third kappa shape index (κ3) is 3.26. The van der Waals surface area contributed by atoms with Crippen LogP contribution in [0.25, 0.3) is 0 Å². The molecule has 0 unspecified atom stereocenters. The predicted octanol–water partition coefficient (Wildman–Crippen LogP) is 2.90. The van der Waals surface area contributed by atoms with Crippen LogP contribution in [0.4, 0.5) is 0 Å². The number of carboxylic acids is 1. The first kappa shape index (κ1) is 16.4. The summed E-state index contributed by atoms with van der Waals surface area (Å²) >= 11 is 6.43. The topological polar surface area (TPSA) is 59.0 Å². The van der Waals surface area contributed by atoms with Crippen LogP contribution < -0.4 is 9.47 Å². The molecule has 0 aromatic heterocycles. The molecule has 23 heavy (non-hydrogen) atoms. The molecule has 2 fully saturated rings. The molecule has 126 valence electrons. The Labute approximate surface area is 141 Å². The lowest BCUT2D eigenvalue weighted by molar-refractivity contribution is -0.142. The second-order valence-electron chi connectivity index (χ2n) is 6.41. The molecule has 0 spiro atoms. The minimum absolute atomic E-state index is 0.263. The van der Waals surface area contributed by atoms with Crippen LogP contribution in [0, 0.1) is 17.8 Å². The van der Waals surface area contributed by atoms with E-state index in [9.17, 15) is 9.90 Å². The van der Waals surface area contributed by atoms with Crippen molar-refractivity contribution in [2.45, 2.75) is 19.4 Å². The summed E-state index contributed by atoms with van der Waals surface area (Å²) in [6.07, 6.45) is 2.33. The molecule has 1 aromatic rings. The Balaban J connectivity index is 1.76. The number of methoxy groups -OCH3 is 2. The molecule has 3 rings (SSSR count). The molecule has 0 bridgehead atoms. The molecule has 0 amide bonds. The maximum absolute atomic E-state index is 11.5. The highest BCUT2D eigenvalue weighted by Crippen LogP contribution is 2.45. The molecule has 2 atom stereocenters. The van der Waals surface area contributed by atoms with Crippen molar-refractivity contribution in [2.75, 3.05) is 27.3 Å². The highest BCUT2D eigenvalue weighted by Gasteiger charge is 2.45. The number of carbonyl (C=O) groups is 1. The number of hydrogen-bond donors (Lipinski definition) is 1. The fraction of sp³-hybridized carbons (Fsp3) is 0.588. The van der Waals surface area contributed by atoms with Crippen LogP contribution in [-0.2, 0) is 11.3 Å². The summed E-state index contributed by atoms with van der Waals surface area (Å²) in [7, 11) is 3.14. The van der Waals surface area contributed by atoms with Gasteiger partial charge in [0.2, 0.25) is 0 Å². The van der Waals surface area contributed by atoms with Gasteiger partial charge in [-0.3, -0.25) is 9.69 Å². The summed E-state index contributed by atoms with van der Waals surface area (Å²) in [6, 6.07) is 3.76. The number of ether oxygens (including phenoxy) is 2. The minimum Gasteiger partial charge on any atom is -0.493 e. The Morgan fingerprint density at radius 1 is 1.30 bits per heavy atom. The van der Waals surface area contributed by atoms with Gasteiger partial charge in [-0.25, -0.2) is 0 Å². The van der Waals surface area contributed by atoms with Gasteiger partial charge in [0, 0.05) is 19.6 Å². The second kappa shape index (κ2) is 6.57. The maximum Gasteiger partial charge on any atom is 0.308 e. The van der Waals surface area contributed by atoms with Gasteiger partial charge in [0.25, 0.3) is 0 Å². The number of likely N-dealkylation sites (tertiary alicyclic amines) is 1. The van der Waals surface area contributed by atoms with E-state index >= 15 is 0 Å². The number of benzene rings is 1. The van der Waals surface area contributed by atoms with Crippen molar-refractivity contribution in [1.29, 1.82) is 0 Å². The third-order valence-corrected chi connectivity index (χ3v) is 5.36. The zero-order chi connectivity index (χ0) is 16.6. The highest BCUT2D eigenvalue weighted by atomic mass is 35.5. The van der Waals surface area contributed by atoms with Gasteiger partial charge in [-0.2, -0.15) is 0 Å². The molecule has 1 saturated heterocycles. The van der Waals surface area contributed by atoms with E-state index in [1.807, 2.05) is 12.1 Å². The smallest absolute Gasteiger partial charge is 0.308 e. The van der Waals surface area contributed by atoms with Crippen LogP contribution in [0.5, 0.6) is 11.5 Å². The standard InChI is InChI=1S/C17H22ClNO4/c1-22-14-6-5-11(15(18)16(14)23-2)7-19-8-12(10-3-4-10)13(9-19)17(20)21/h5-6,10,12-13H,3-4,7-9H2,1-2H3,(H,20,21)/t12-,13+/m1/s1. The number of rotatable bonds is 6. The molecular formula is C17H22ClNO4. The van der Waals surface area contributed by atoms with Crippen LogP contribution in [0.2, 0.25) is 5.02 Å². The molecule has 6 heteroatoms. The van der Waals surface area contributed by atoms with Gasteiger partial charge in [-0.1, -0.05) is 17.7 Å². The molecule has 1 saturated carbocycles. The van der Waals surface area contributed by atoms with Crippen LogP contribution >= 0.6 is 11.6 Å². The number of halogens is 1. The summed E-state index contributed by atoms with van der Waals surface area (Å²) in [4.78, 5) is 13.7. The molecule has 2 aliphatic rings. The van der Waals surface area contributed by atoms with E-state index in [4.69, 9.17) is 21.1 Å². The van der Waals surface area contributed by atoms with Crippen LogP contribution in [0.15, 0.2) is 12.1 Å². The lowest BCUT2D eigenvalue weighted by atomic mass is 9.92. The van der Waals surface area contributed by atoms with Gasteiger partial charge in [-0.15, -0.1) is 0 Å². The SMILES string of the molecule is COc1ccc(CN2C[C@H](C(=O)O)[C@@H](C3CC3)C2)c(Cl)c1OC. The normalized spacial score (nSPS) is 24.7. The number of hydrogen-bond acceptors (Lipinski definition) is 4. The molecule has 0 radical (unpaired) electrons. The summed E-state index contributed by atoms with van der Waals surface area (Å²) in [6.45, 7) is 2.04. The molecule has 5 nitrogen and oxygen atoms in total. The summed E-state index contributed by atoms with van der Waals surface area (Å²) in [5, 5.41) is 10.00. The van der Waals surface area contributed by atoms with Gasteiger partial charge in [0.05, 0.1) is 25.2 Å². The molecular weight excluding hydrogens is 318 g/mol. The maximum atomic E-state index is 11.5. The summed E-state index contributed by atoms with van der Waals surface area (Å²) < 4.78 is 10.6. The van der Waals surface area contributed by atoms with Crippen LogP contribution in [0.1, 0.15) is 18.4 Å². The monoisotopic (exact) mass is 339 g/mol. The number of nitrogens with zero attached hydrogens (tertiary/aromatic N) is 1. The van der Waals surface area contributed by atoms with E-state index in [0.29, 0.717) is 35.5 Å². The van der Waals surface area contributed by atoms with Crippen LogP contribution in [0.3, 0.4) is 0 Å². The zero-order valence-corrected chi connectivity index (χ0v) is 14.2. The van der Waals surface area contributed by atoms with Gasteiger partial charge >= 0.3 is 5.97 Å². The summed E-state index contributed by atoms with van der Waals surface area (Å²) in [5.74, 6) is 1.04. The minimum atomic E-state index is -0.678. The van der Waals surface area contributed by atoms with Crippen molar-refractivity contribution < 1.29 is 19.4 Å². The van der Waals surface area contributed by atoms with E-state index in [-0.39, 0.29) is 11.8 Å². The lowest BCUT2D eigenvalue weighted by Crippen LogP contribution is -2.24. The fourth-order valence-electron chi connectivity index (χ4n) is 3.60. The third-order valence-electron chi connectivity index (χ3n) is 4.94. The Morgan fingerprint density at radius 3 is 2.61 bits per heavy atom. The Bertz CT molecular complexity index is 603. The zero-order valence-electron chi connectivity index (χ0n) is 13.4. The molecule has 1 aliphatic heterocycles. The van der Waals surface area contributed by atoms with Gasteiger partial charge < -0.3 is 14.6 Å². The number of carboxylic acid groups (broad SMARTS) is 1. The second-order valence-corrected chi connectivity index (χ2v) is 6.79. The first-order valence-electron chi connectivity index (χ1n) is 7.89. The van der Waals surface area contributed by atoms with Gasteiger partial charge in [0.15, 0.2) is 11.5 Å². The highest BCUT2D eigenvalue weighted by molar-refractivity contribution is 6.33. The average molecular weight is 340 g/mol. The van der Waals surface area contributed by atoms with E-state index in [1.54, 1.807) is 14.2 Å². The van der Waals surface area contributed by atoms with Crippen molar-refractivity contribution >= 4 is 17.6 Å². The van der Waals surface area contributed by atoms with E-state index in [2.05, 4.69) is 4.90 Å². The van der Waals surface area contributed by atoms with E-state index in [0.717, 1.165) is 12.1 Å². The van der Waals surface area contributed by atoms with Crippen molar-refractivity contribution in [2.24, 2.45) is 17.8 Å². The first-order chi connectivity index (χ1) is 11.0. The summed E-state index contributed by atoms with van der Waals surface area (Å²) in [5.41, 5.74) is 0.935. The predicted molar refractivity (Wildman–Crippen MR) is 87.2 cm³/mol.